The van der Waals surface area contributed by atoms with Crippen LogP contribution in [-0.4, -0.2) is 63.8 Å². The standard InChI is InChI=1S/C34H33F3N6O/c1-2-23-26(36)8-7-20-12-22(38)14-24(28(20)23)30-29(37)31-25(16-39-30)32(43-11-4-3-6-19-13-27(19)43)41-33(40-31)44-18-34-9-5-10-42(34)17-21(35)15-34/h1,7-8,12,14,16,19,21,27H,3-6,9-11,13,15,17-18,38H2/t19-,21+,27+,34-/m0/s1. The molecular weight excluding hydrogens is 565 g/mol. The Morgan fingerprint density at radius 1 is 1.14 bits per heavy atom. The molecule has 4 atom stereocenters. The fraction of sp³-hybridized carbons (Fsp3) is 0.441. The monoisotopic (exact) mass is 598 g/mol. The van der Waals surface area contributed by atoms with E-state index in [1.807, 2.05) is 0 Å². The fourth-order valence-electron chi connectivity index (χ4n) is 7.97. The summed E-state index contributed by atoms with van der Waals surface area (Å²) in [6.45, 7) is 2.27. The van der Waals surface area contributed by atoms with Crippen LogP contribution in [0.3, 0.4) is 0 Å². The van der Waals surface area contributed by atoms with Crippen LogP contribution < -0.4 is 15.4 Å². The van der Waals surface area contributed by atoms with Crippen LogP contribution in [0, 0.1) is 29.9 Å². The molecule has 4 aromatic rings. The number of rotatable bonds is 5. The topological polar surface area (TPSA) is 80.4 Å². The Hall–Kier alpha value is -4.10. The van der Waals surface area contributed by atoms with E-state index in [1.165, 1.54) is 12.5 Å². The number of nitrogen functional groups attached to an aromatic ring is 1. The summed E-state index contributed by atoms with van der Waals surface area (Å²) in [6, 6.07) is 6.47. The molecule has 4 aliphatic rings. The van der Waals surface area contributed by atoms with Crippen molar-refractivity contribution in [1.29, 1.82) is 0 Å². The highest BCUT2D eigenvalue weighted by Gasteiger charge is 2.49. The lowest BCUT2D eigenvalue weighted by Gasteiger charge is -2.31. The molecule has 1 aliphatic carbocycles. The van der Waals surface area contributed by atoms with Crippen molar-refractivity contribution in [2.75, 3.05) is 36.9 Å². The number of benzene rings is 2. The number of fused-ring (bicyclic) bond motifs is 4. The SMILES string of the molecule is C#Cc1c(F)ccc2cc(N)cc(-c3ncc4c(N5CCCC[C@H]6C[C@H]65)nc(OC[C@@]56CCCN5C[C@H](F)C6)nc4c3F)c12. The lowest BCUT2D eigenvalue weighted by molar-refractivity contribution is 0.107. The number of pyridine rings is 1. The van der Waals surface area contributed by atoms with Crippen LogP contribution in [0.15, 0.2) is 30.5 Å². The third kappa shape index (κ3) is 4.35. The Kier molecular flexibility index (Phi) is 6.38. The number of nitrogens with two attached hydrogens (primary N) is 1. The summed E-state index contributed by atoms with van der Waals surface area (Å²) in [5.41, 5.74) is 6.48. The molecule has 4 fully saturated rings. The van der Waals surface area contributed by atoms with Gasteiger partial charge in [0.25, 0.3) is 0 Å². The summed E-state index contributed by atoms with van der Waals surface area (Å²) >= 11 is 0. The maximum absolute atomic E-state index is 16.8. The molecule has 2 aromatic heterocycles. The summed E-state index contributed by atoms with van der Waals surface area (Å²) in [5, 5.41) is 1.41. The number of hydrogen-bond donors (Lipinski definition) is 1. The quantitative estimate of drug-likeness (QED) is 0.222. The molecule has 1 saturated carbocycles. The zero-order valence-corrected chi connectivity index (χ0v) is 24.3. The van der Waals surface area contributed by atoms with Crippen molar-refractivity contribution in [2.45, 2.75) is 62.7 Å². The molecule has 2 aromatic carbocycles. The van der Waals surface area contributed by atoms with Gasteiger partial charge in [-0.1, -0.05) is 18.4 Å². The lowest BCUT2D eigenvalue weighted by atomic mass is 9.95. The molecule has 5 heterocycles. The minimum Gasteiger partial charge on any atom is -0.461 e. The average molecular weight is 599 g/mol. The van der Waals surface area contributed by atoms with Crippen LogP contribution in [0.2, 0.25) is 0 Å². The number of terminal acetylenes is 1. The van der Waals surface area contributed by atoms with Gasteiger partial charge in [0.05, 0.1) is 16.5 Å². The molecule has 7 nitrogen and oxygen atoms in total. The highest BCUT2D eigenvalue weighted by molar-refractivity contribution is 6.03. The smallest absolute Gasteiger partial charge is 0.319 e. The third-order valence-corrected chi connectivity index (χ3v) is 10.1. The van der Waals surface area contributed by atoms with E-state index in [-0.39, 0.29) is 35.0 Å². The van der Waals surface area contributed by atoms with Gasteiger partial charge in [0, 0.05) is 48.4 Å². The van der Waals surface area contributed by atoms with Crippen molar-refractivity contribution in [2.24, 2.45) is 5.92 Å². The molecule has 0 amide bonds. The number of nitrogens with zero attached hydrogens (tertiary/aromatic N) is 5. The maximum atomic E-state index is 16.8. The van der Waals surface area contributed by atoms with Crippen LogP contribution in [0.4, 0.5) is 24.7 Å². The van der Waals surface area contributed by atoms with Crippen molar-refractivity contribution < 1.29 is 17.9 Å². The second kappa shape index (κ2) is 10.2. The van der Waals surface area contributed by atoms with Crippen LogP contribution in [-0.2, 0) is 0 Å². The average Bonchev–Trinajstić information content (AvgIpc) is 3.62. The first-order valence-corrected chi connectivity index (χ1v) is 15.5. The Balaban J connectivity index is 1.28. The Morgan fingerprint density at radius 2 is 2.02 bits per heavy atom. The third-order valence-electron chi connectivity index (χ3n) is 10.1. The minimum absolute atomic E-state index is 0.0126. The van der Waals surface area contributed by atoms with Crippen molar-refractivity contribution in [3.63, 3.8) is 0 Å². The molecule has 0 unspecified atom stereocenters. The first-order chi connectivity index (χ1) is 21.3. The van der Waals surface area contributed by atoms with E-state index in [2.05, 4.69) is 25.7 Å². The van der Waals surface area contributed by atoms with Crippen LogP contribution in [0.25, 0.3) is 32.9 Å². The van der Waals surface area contributed by atoms with Gasteiger partial charge in [0.15, 0.2) is 5.82 Å². The maximum Gasteiger partial charge on any atom is 0.319 e. The van der Waals surface area contributed by atoms with Gasteiger partial charge >= 0.3 is 6.01 Å². The van der Waals surface area contributed by atoms with E-state index in [9.17, 15) is 8.78 Å². The van der Waals surface area contributed by atoms with Crippen molar-refractivity contribution in [3.05, 3.63) is 47.7 Å². The summed E-state index contributed by atoms with van der Waals surface area (Å²) in [6.07, 6.45) is 13.0. The van der Waals surface area contributed by atoms with Crippen LogP contribution in [0.1, 0.15) is 50.5 Å². The molecule has 8 rings (SSSR count). The number of aromatic nitrogens is 3. The molecule has 10 heteroatoms. The predicted molar refractivity (Wildman–Crippen MR) is 164 cm³/mol. The molecule has 0 radical (unpaired) electrons. The second-order valence-corrected chi connectivity index (χ2v) is 12.9. The van der Waals surface area contributed by atoms with Gasteiger partial charge in [0.1, 0.15) is 35.6 Å². The van der Waals surface area contributed by atoms with E-state index >= 15 is 4.39 Å². The highest BCUT2D eigenvalue weighted by atomic mass is 19.1. The molecule has 3 aliphatic heterocycles. The molecule has 2 N–H and O–H groups in total. The summed E-state index contributed by atoms with van der Waals surface area (Å²) in [4.78, 5) is 18.4. The summed E-state index contributed by atoms with van der Waals surface area (Å²) in [7, 11) is 0. The zero-order chi connectivity index (χ0) is 30.2. The Morgan fingerprint density at radius 3 is 2.89 bits per heavy atom. The van der Waals surface area contributed by atoms with Gasteiger partial charge in [-0.3, -0.25) is 9.88 Å². The van der Waals surface area contributed by atoms with E-state index in [0.717, 1.165) is 45.2 Å². The molecule has 3 saturated heterocycles. The summed E-state index contributed by atoms with van der Waals surface area (Å²) in [5.74, 6) is 2.32. The van der Waals surface area contributed by atoms with Crippen LogP contribution >= 0.6 is 0 Å². The van der Waals surface area contributed by atoms with Crippen molar-refractivity contribution in [3.8, 4) is 29.6 Å². The number of hydrogen-bond acceptors (Lipinski definition) is 7. The van der Waals surface area contributed by atoms with Gasteiger partial charge in [-0.25, -0.2) is 13.2 Å². The van der Waals surface area contributed by atoms with Crippen molar-refractivity contribution >= 4 is 33.2 Å². The normalized spacial score (nSPS) is 26.4. The van der Waals surface area contributed by atoms with Crippen molar-refractivity contribution in [1.82, 2.24) is 19.9 Å². The predicted octanol–water partition coefficient (Wildman–Crippen LogP) is 6.02. The van der Waals surface area contributed by atoms with Gasteiger partial charge in [-0.15, -0.1) is 6.42 Å². The second-order valence-electron chi connectivity index (χ2n) is 12.9. The number of ether oxygens (including phenoxy) is 1. The minimum atomic E-state index is -0.896. The van der Waals surface area contributed by atoms with E-state index in [0.29, 0.717) is 52.6 Å². The highest BCUT2D eigenvalue weighted by Crippen LogP contribution is 2.46. The van der Waals surface area contributed by atoms with Gasteiger partial charge in [0.2, 0.25) is 0 Å². The fourth-order valence-corrected chi connectivity index (χ4v) is 7.97. The first-order valence-electron chi connectivity index (χ1n) is 15.5. The van der Waals surface area contributed by atoms with E-state index in [1.54, 1.807) is 24.4 Å². The molecule has 0 spiro atoms. The number of anilines is 2. The lowest BCUT2D eigenvalue weighted by Crippen LogP contribution is -2.43. The number of alkyl halides is 1. The number of halogens is 3. The molecule has 0 bridgehead atoms. The van der Waals surface area contributed by atoms with E-state index in [4.69, 9.17) is 21.9 Å². The molecule has 44 heavy (non-hydrogen) atoms. The molecule has 226 valence electrons. The first kappa shape index (κ1) is 27.4. The van der Waals surface area contributed by atoms with Gasteiger partial charge in [-0.2, -0.15) is 9.97 Å². The molecular formula is C34H33F3N6O. The Bertz CT molecular complexity index is 1860. The van der Waals surface area contributed by atoms with Gasteiger partial charge in [-0.05, 0) is 68.2 Å². The summed E-state index contributed by atoms with van der Waals surface area (Å²) < 4.78 is 52.4. The van der Waals surface area contributed by atoms with Gasteiger partial charge < -0.3 is 15.4 Å². The largest absolute Gasteiger partial charge is 0.461 e. The van der Waals surface area contributed by atoms with E-state index < -0.39 is 23.3 Å². The Labute approximate surface area is 253 Å². The van der Waals surface area contributed by atoms with Crippen LogP contribution in [0.5, 0.6) is 6.01 Å². The zero-order valence-electron chi connectivity index (χ0n) is 24.3.